The number of carbonyl (C=O) groups is 1. The first kappa shape index (κ1) is 10.5. The number of nitrogens with zero attached hydrogens (tertiary/aromatic N) is 1. The average molecular weight is 219 g/mol. The van der Waals surface area contributed by atoms with Gasteiger partial charge in [-0.2, -0.15) is 4.73 Å². The molecule has 2 aromatic rings. The molecule has 0 saturated heterocycles. The van der Waals surface area contributed by atoms with Gasteiger partial charge in [0.1, 0.15) is 5.75 Å². The first-order valence-corrected chi connectivity index (χ1v) is 5.11. The van der Waals surface area contributed by atoms with E-state index in [2.05, 4.69) is 0 Å². The Labute approximate surface area is 93.3 Å². The Bertz CT molecular complexity index is 516. The van der Waals surface area contributed by atoms with Crippen molar-refractivity contribution in [3.05, 3.63) is 30.5 Å². The minimum absolute atomic E-state index is 0.256. The molecule has 0 radical (unpaired) electrons. The van der Waals surface area contributed by atoms with Gasteiger partial charge in [0.2, 0.25) is 0 Å². The van der Waals surface area contributed by atoms with E-state index in [9.17, 15) is 4.79 Å². The summed E-state index contributed by atoms with van der Waals surface area (Å²) in [6.45, 7) is 1.76. The van der Waals surface area contributed by atoms with Crippen LogP contribution in [-0.2, 0) is 4.79 Å². The van der Waals surface area contributed by atoms with Crippen LogP contribution in [0.25, 0.3) is 10.9 Å². The van der Waals surface area contributed by atoms with Crippen molar-refractivity contribution in [2.24, 2.45) is 0 Å². The molecule has 0 saturated carbocycles. The number of aromatic nitrogens is 1. The molecule has 0 atom stereocenters. The summed E-state index contributed by atoms with van der Waals surface area (Å²) in [5.74, 6) is 0.528. The summed E-state index contributed by atoms with van der Waals surface area (Å²) in [5.41, 5.74) is 0.850. The van der Waals surface area contributed by atoms with E-state index >= 15 is 0 Å². The highest BCUT2D eigenvalue weighted by Crippen LogP contribution is 2.21. The smallest absolute Gasteiger partial charge is 0.332 e. The number of rotatable bonds is 3. The maximum absolute atomic E-state index is 11.2. The molecule has 0 bridgehead atoms. The van der Waals surface area contributed by atoms with Crippen LogP contribution in [0.3, 0.4) is 0 Å². The molecule has 16 heavy (non-hydrogen) atoms. The number of carbonyl (C=O) groups excluding carboxylic acids is 1. The molecule has 1 aromatic heterocycles. The van der Waals surface area contributed by atoms with Crippen molar-refractivity contribution in [2.75, 3.05) is 7.11 Å². The molecule has 4 nitrogen and oxygen atoms in total. The van der Waals surface area contributed by atoms with Crippen molar-refractivity contribution in [1.82, 2.24) is 4.73 Å². The van der Waals surface area contributed by atoms with Gasteiger partial charge in [-0.3, -0.25) is 0 Å². The van der Waals surface area contributed by atoms with Gasteiger partial charge in [-0.25, -0.2) is 4.79 Å². The van der Waals surface area contributed by atoms with Gasteiger partial charge >= 0.3 is 5.97 Å². The average Bonchev–Trinajstić information content (AvgIpc) is 2.71. The van der Waals surface area contributed by atoms with Crippen LogP contribution in [0.5, 0.6) is 5.75 Å². The van der Waals surface area contributed by atoms with E-state index in [1.165, 1.54) is 4.73 Å². The largest absolute Gasteiger partial charge is 0.497 e. The topological polar surface area (TPSA) is 40.5 Å². The zero-order valence-electron chi connectivity index (χ0n) is 9.27. The lowest BCUT2D eigenvalue weighted by Crippen LogP contribution is -2.17. The third-order valence-electron chi connectivity index (χ3n) is 2.35. The van der Waals surface area contributed by atoms with Crippen molar-refractivity contribution >= 4 is 16.9 Å². The van der Waals surface area contributed by atoms with Crippen molar-refractivity contribution < 1.29 is 14.4 Å². The second kappa shape index (κ2) is 4.26. The predicted octanol–water partition coefficient (Wildman–Crippen LogP) is 2.02. The lowest BCUT2D eigenvalue weighted by atomic mass is 10.2. The lowest BCUT2D eigenvalue weighted by molar-refractivity contribution is -0.143. The summed E-state index contributed by atoms with van der Waals surface area (Å²) in [7, 11) is 1.62. The Morgan fingerprint density at radius 2 is 2.19 bits per heavy atom. The van der Waals surface area contributed by atoms with Gasteiger partial charge in [0, 0.05) is 18.0 Å². The fourth-order valence-corrected chi connectivity index (χ4v) is 1.48. The van der Waals surface area contributed by atoms with E-state index in [4.69, 9.17) is 9.57 Å². The highest BCUT2D eigenvalue weighted by molar-refractivity contribution is 5.82. The normalized spacial score (nSPS) is 10.4. The first-order chi connectivity index (χ1) is 7.74. The van der Waals surface area contributed by atoms with Crippen LogP contribution in [0.2, 0.25) is 0 Å². The molecule has 4 heteroatoms. The number of ether oxygens (including phenoxy) is 1. The summed E-state index contributed by atoms with van der Waals surface area (Å²) in [4.78, 5) is 16.3. The number of hydrogen-bond donors (Lipinski definition) is 0. The maximum atomic E-state index is 11.2. The Kier molecular flexibility index (Phi) is 2.81. The van der Waals surface area contributed by atoms with E-state index in [0.29, 0.717) is 6.42 Å². The molecule has 84 valence electrons. The Balaban J connectivity index is 2.37. The number of fused-ring (bicyclic) bond motifs is 1. The minimum Gasteiger partial charge on any atom is -0.497 e. The van der Waals surface area contributed by atoms with Crippen molar-refractivity contribution in [2.45, 2.75) is 13.3 Å². The molecule has 0 N–H and O–H groups in total. The van der Waals surface area contributed by atoms with Gasteiger partial charge in [-0.15, -0.1) is 0 Å². The van der Waals surface area contributed by atoms with Crippen LogP contribution in [0.1, 0.15) is 13.3 Å². The van der Waals surface area contributed by atoms with Gasteiger partial charge in [-0.05, 0) is 24.3 Å². The molecule has 0 unspecified atom stereocenters. The second-order valence-corrected chi connectivity index (χ2v) is 3.38. The van der Waals surface area contributed by atoms with Crippen LogP contribution < -0.4 is 9.57 Å². The van der Waals surface area contributed by atoms with Crippen LogP contribution in [-0.4, -0.2) is 17.8 Å². The van der Waals surface area contributed by atoms with Crippen molar-refractivity contribution in [3.63, 3.8) is 0 Å². The first-order valence-electron chi connectivity index (χ1n) is 5.11. The Morgan fingerprint density at radius 3 is 2.88 bits per heavy atom. The maximum Gasteiger partial charge on any atom is 0.332 e. The van der Waals surface area contributed by atoms with E-state index in [1.54, 1.807) is 20.2 Å². The van der Waals surface area contributed by atoms with Crippen molar-refractivity contribution in [1.29, 1.82) is 0 Å². The van der Waals surface area contributed by atoms with Gasteiger partial charge in [0.25, 0.3) is 0 Å². The Hall–Kier alpha value is -1.97. The summed E-state index contributed by atoms with van der Waals surface area (Å²) in [5, 5.41) is 0.975. The van der Waals surface area contributed by atoms with E-state index < -0.39 is 0 Å². The molecular formula is C12H13NO3. The zero-order chi connectivity index (χ0) is 11.5. The van der Waals surface area contributed by atoms with Gasteiger partial charge in [0.05, 0.1) is 12.6 Å². The molecule has 0 aliphatic rings. The molecule has 0 aliphatic heterocycles. The summed E-state index contributed by atoms with van der Waals surface area (Å²) < 4.78 is 6.59. The molecule has 0 spiro atoms. The quantitative estimate of drug-likeness (QED) is 0.792. The number of methoxy groups -OCH3 is 1. The van der Waals surface area contributed by atoms with E-state index in [0.717, 1.165) is 16.7 Å². The van der Waals surface area contributed by atoms with E-state index in [-0.39, 0.29) is 5.97 Å². The van der Waals surface area contributed by atoms with Crippen LogP contribution in [0, 0.1) is 0 Å². The van der Waals surface area contributed by atoms with Crippen LogP contribution in [0.15, 0.2) is 30.5 Å². The molecule has 0 amide bonds. The monoisotopic (exact) mass is 219 g/mol. The molecule has 0 aliphatic carbocycles. The van der Waals surface area contributed by atoms with Gasteiger partial charge < -0.3 is 9.57 Å². The molecule has 2 rings (SSSR count). The molecule has 0 fully saturated rings. The fraction of sp³-hybridized carbons (Fsp3) is 0.250. The summed E-state index contributed by atoms with van der Waals surface area (Å²) >= 11 is 0. The summed E-state index contributed by atoms with van der Waals surface area (Å²) in [6.07, 6.45) is 2.08. The highest BCUT2D eigenvalue weighted by atomic mass is 16.7. The fourth-order valence-electron chi connectivity index (χ4n) is 1.48. The highest BCUT2D eigenvalue weighted by Gasteiger charge is 2.06. The SMILES string of the molecule is CCC(=O)On1ccc2cc(OC)ccc21. The van der Waals surface area contributed by atoms with Crippen LogP contribution in [0.4, 0.5) is 0 Å². The summed E-state index contributed by atoms with van der Waals surface area (Å²) in [6, 6.07) is 7.46. The third-order valence-corrected chi connectivity index (χ3v) is 2.35. The standard InChI is InChI=1S/C12H13NO3/c1-3-12(14)16-13-7-6-9-8-10(15-2)4-5-11(9)13/h4-8H,3H2,1-2H3. The predicted molar refractivity (Wildman–Crippen MR) is 60.4 cm³/mol. The second-order valence-electron chi connectivity index (χ2n) is 3.38. The van der Waals surface area contributed by atoms with Gasteiger partial charge in [-0.1, -0.05) is 6.92 Å². The third kappa shape index (κ3) is 1.86. The molecular weight excluding hydrogens is 206 g/mol. The van der Waals surface area contributed by atoms with Crippen LogP contribution >= 0.6 is 0 Å². The number of benzene rings is 1. The zero-order valence-corrected chi connectivity index (χ0v) is 9.27. The lowest BCUT2D eigenvalue weighted by Gasteiger charge is -2.05. The van der Waals surface area contributed by atoms with Gasteiger partial charge in [0.15, 0.2) is 0 Å². The van der Waals surface area contributed by atoms with E-state index in [1.807, 2.05) is 24.3 Å². The minimum atomic E-state index is -0.256. The van der Waals surface area contributed by atoms with Crippen molar-refractivity contribution in [3.8, 4) is 5.75 Å². The number of hydrogen-bond acceptors (Lipinski definition) is 3. The molecule has 1 heterocycles. The Morgan fingerprint density at radius 1 is 1.38 bits per heavy atom. The molecule has 1 aromatic carbocycles.